The normalized spacial score (nSPS) is 16.4. The van der Waals surface area contributed by atoms with Crippen molar-refractivity contribution in [3.63, 3.8) is 0 Å². The number of rotatable bonds is 6. The molecule has 1 aliphatic rings. The van der Waals surface area contributed by atoms with Gasteiger partial charge in [-0.25, -0.2) is 4.39 Å². The van der Waals surface area contributed by atoms with Crippen molar-refractivity contribution in [1.82, 2.24) is 4.90 Å². The molecule has 0 radical (unpaired) electrons. The molecule has 0 aliphatic carbocycles. The van der Waals surface area contributed by atoms with Crippen molar-refractivity contribution in [2.24, 2.45) is 5.73 Å². The van der Waals surface area contributed by atoms with Crippen LogP contribution in [0.2, 0.25) is 0 Å². The Hall–Kier alpha value is -3.18. The summed E-state index contributed by atoms with van der Waals surface area (Å²) in [5.41, 5.74) is 10.5. The number of halogens is 1. The summed E-state index contributed by atoms with van der Waals surface area (Å²) in [7, 11) is 0. The van der Waals surface area contributed by atoms with E-state index in [0.29, 0.717) is 11.8 Å². The molecule has 3 aromatic rings. The first-order chi connectivity index (χ1) is 14.9. The van der Waals surface area contributed by atoms with Crippen molar-refractivity contribution in [1.29, 1.82) is 0 Å². The van der Waals surface area contributed by atoms with Crippen LogP contribution in [0.1, 0.15) is 51.5 Å². The maximum absolute atomic E-state index is 14.2. The first-order valence-electron chi connectivity index (χ1n) is 10.6. The van der Waals surface area contributed by atoms with Crippen molar-refractivity contribution in [2.75, 3.05) is 6.54 Å². The van der Waals surface area contributed by atoms with Gasteiger partial charge in [0.15, 0.2) is 11.6 Å². The summed E-state index contributed by atoms with van der Waals surface area (Å²) >= 11 is 0. The number of carbonyl (C=O) groups excluding carboxylic acids is 1. The van der Waals surface area contributed by atoms with Gasteiger partial charge >= 0.3 is 0 Å². The lowest BCUT2D eigenvalue weighted by molar-refractivity contribution is 0.0997. The molecule has 5 heteroatoms. The van der Waals surface area contributed by atoms with Crippen LogP contribution < -0.4 is 10.5 Å². The Labute approximate surface area is 182 Å². The number of benzene rings is 3. The number of amides is 1. The minimum Gasteiger partial charge on any atom is -0.453 e. The number of aryl methyl sites for hydroxylation is 2. The highest BCUT2D eigenvalue weighted by atomic mass is 19.1. The zero-order valence-electron chi connectivity index (χ0n) is 17.9. The third-order valence-electron chi connectivity index (χ3n) is 5.75. The van der Waals surface area contributed by atoms with E-state index in [1.54, 1.807) is 12.1 Å². The quantitative estimate of drug-likeness (QED) is 0.561. The number of likely N-dealkylation sites (tertiary alicyclic amines) is 1. The van der Waals surface area contributed by atoms with Gasteiger partial charge in [0.2, 0.25) is 0 Å². The Morgan fingerprint density at radius 3 is 2.48 bits per heavy atom. The summed E-state index contributed by atoms with van der Waals surface area (Å²) in [5.74, 6) is -1.02. The van der Waals surface area contributed by atoms with E-state index in [9.17, 15) is 9.18 Å². The lowest BCUT2D eigenvalue weighted by Gasteiger charge is -2.25. The van der Waals surface area contributed by atoms with Gasteiger partial charge in [0, 0.05) is 12.6 Å². The first kappa shape index (κ1) is 21.1. The molecule has 0 spiro atoms. The van der Waals surface area contributed by atoms with Crippen molar-refractivity contribution in [2.45, 2.75) is 39.3 Å². The average molecular weight is 419 g/mol. The maximum atomic E-state index is 14.2. The molecule has 0 bridgehead atoms. The highest BCUT2D eigenvalue weighted by molar-refractivity contribution is 5.95. The van der Waals surface area contributed by atoms with Gasteiger partial charge in [-0.05, 0) is 68.6 Å². The van der Waals surface area contributed by atoms with Gasteiger partial charge in [-0.3, -0.25) is 9.69 Å². The molecule has 1 heterocycles. The fraction of sp³-hybridized carbons (Fsp3) is 0.269. The van der Waals surface area contributed by atoms with E-state index in [4.69, 9.17) is 10.5 Å². The molecule has 2 N–H and O–H groups in total. The van der Waals surface area contributed by atoms with Crippen LogP contribution >= 0.6 is 0 Å². The molecule has 0 saturated carbocycles. The molecule has 31 heavy (non-hydrogen) atoms. The first-order valence-corrected chi connectivity index (χ1v) is 10.6. The third-order valence-corrected chi connectivity index (χ3v) is 5.75. The van der Waals surface area contributed by atoms with Gasteiger partial charge in [0.05, 0.1) is 5.56 Å². The van der Waals surface area contributed by atoms with Gasteiger partial charge in [-0.1, -0.05) is 47.5 Å². The average Bonchev–Trinajstić information content (AvgIpc) is 3.18. The largest absolute Gasteiger partial charge is 0.453 e. The molecule has 4 rings (SSSR count). The molecule has 4 nitrogen and oxygen atoms in total. The van der Waals surface area contributed by atoms with E-state index in [0.717, 1.165) is 25.1 Å². The van der Waals surface area contributed by atoms with Crippen LogP contribution in [0.15, 0.2) is 60.7 Å². The minimum atomic E-state index is -0.724. The molecule has 1 saturated heterocycles. The molecule has 160 valence electrons. The maximum Gasteiger partial charge on any atom is 0.252 e. The van der Waals surface area contributed by atoms with Gasteiger partial charge in [0.1, 0.15) is 5.75 Å². The molecular weight excluding hydrogens is 391 g/mol. The van der Waals surface area contributed by atoms with Gasteiger partial charge in [0.25, 0.3) is 5.91 Å². The van der Waals surface area contributed by atoms with Crippen molar-refractivity contribution >= 4 is 5.91 Å². The monoisotopic (exact) mass is 418 g/mol. The van der Waals surface area contributed by atoms with E-state index in [2.05, 4.69) is 36.9 Å². The van der Waals surface area contributed by atoms with Crippen LogP contribution in [0.5, 0.6) is 11.5 Å². The number of ether oxygens (including phenoxy) is 1. The Kier molecular flexibility index (Phi) is 6.05. The smallest absolute Gasteiger partial charge is 0.252 e. The third kappa shape index (κ3) is 4.78. The number of para-hydroxylation sites is 1. The van der Waals surface area contributed by atoms with Crippen LogP contribution in [0, 0.1) is 19.7 Å². The molecule has 1 unspecified atom stereocenters. The van der Waals surface area contributed by atoms with E-state index < -0.39 is 11.7 Å². The Morgan fingerprint density at radius 2 is 1.81 bits per heavy atom. The molecular formula is C26H27FN2O2. The summed E-state index contributed by atoms with van der Waals surface area (Å²) in [5, 5.41) is 0. The Bertz CT molecular complexity index is 1070. The van der Waals surface area contributed by atoms with Gasteiger partial charge in [-0.15, -0.1) is 0 Å². The zero-order chi connectivity index (χ0) is 22.0. The van der Waals surface area contributed by atoms with E-state index in [-0.39, 0.29) is 11.3 Å². The lowest BCUT2D eigenvalue weighted by atomic mass is 9.99. The number of primary amides is 1. The lowest BCUT2D eigenvalue weighted by Crippen LogP contribution is -2.22. The summed E-state index contributed by atoms with van der Waals surface area (Å²) < 4.78 is 19.8. The second-order valence-electron chi connectivity index (χ2n) is 8.28. The number of nitrogens with two attached hydrogens (primary N) is 1. The number of hydrogen-bond donors (Lipinski definition) is 1. The van der Waals surface area contributed by atoms with Crippen molar-refractivity contribution in [3.05, 3.63) is 94.3 Å². The fourth-order valence-electron chi connectivity index (χ4n) is 4.42. The Balaban J connectivity index is 1.48. The van der Waals surface area contributed by atoms with Gasteiger partial charge in [-0.2, -0.15) is 0 Å². The number of nitrogens with zero attached hydrogens (tertiary/aromatic N) is 1. The molecule has 1 fully saturated rings. The van der Waals surface area contributed by atoms with Crippen molar-refractivity contribution < 1.29 is 13.9 Å². The Morgan fingerprint density at radius 1 is 1.10 bits per heavy atom. The second kappa shape index (κ2) is 8.90. The number of hydrogen-bond acceptors (Lipinski definition) is 3. The molecule has 1 atom stereocenters. The van der Waals surface area contributed by atoms with Crippen LogP contribution in [0.3, 0.4) is 0 Å². The topological polar surface area (TPSA) is 55.6 Å². The van der Waals surface area contributed by atoms with Crippen molar-refractivity contribution in [3.8, 4) is 11.5 Å². The highest BCUT2D eigenvalue weighted by Gasteiger charge is 2.26. The predicted molar refractivity (Wildman–Crippen MR) is 120 cm³/mol. The van der Waals surface area contributed by atoms with Gasteiger partial charge < -0.3 is 10.5 Å². The molecule has 1 amide bonds. The van der Waals surface area contributed by atoms with E-state index in [1.165, 1.54) is 41.3 Å². The second-order valence-corrected chi connectivity index (χ2v) is 8.28. The summed E-state index contributed by atoms with van der Waals surface area (Å²) in [6.45, 7) is 6.19. The molecule has 1 aliphatic heterocycles. The van der Waals surface area contributed by atoms with E-state index >= 15 is 0 Å². The van der Waals surface area contributed by atoms with E-state index in [1.807, 2.05) is 12.1 Å². The SMILES string of the molecule is Cc1cc(C)cc(C2CCCN2Cc2ccc(Oc3c(F)cccc3C(N)=O)cc2)c1. The molecule has 0 aromatic heterocycles. The highest BCUT2D eigenvalue weighted by Crippen LogP contribution is 2.34. The summed E-state index contributed by atoms with van der Waals surface area (Å²) in [4.78, 5) is 14.1. The predicted octanol–water partition coefficient (Wildman–Crippen LogP) is 5.67. The fourth-order valence-corrected chi connectivity index (χ4v) is 4.42. The summed E-state index contributed by atoms with van der Waals surface area (Å²) in [6.07, 6.45) is 2.34. The number of carbonyl (C=O) groups is 1. The molecule has 3 aromatic carbocycles. The van der Waals surface area contributed by atoms with Crippen LogP contribution in [0.4, 0.5) is 4.39 Å². The standard InChI is InChI=1S/C26H27FN2O2/c1-17-13-18(2)15-20(14-17)24-7-4-12-29(24)16-19-8-10-21(11-9-19)31-25-22(26(28)30)5-3-6-23(25)27/h3,5-6,8-11,13-15,24H,4,7,12,16H2,1-2H3,(H2,28,30). The summed E-state index contributed by atoms with van der Waals surface area (Å²) in [6, 6.07) is 18.9. The zero-order valence-corrected chi connectivity index (χ0v) is 17.9. The van der Waals surface area contributed by atoms with Crippen LogP contribution in [-0.2, 0) is 6.54 Å². The van der Waals surface area contributed by atoms with Crippen LogP contribution in [0.25, 0.3) is 0 Å². The van der Waals surface area contributed by atoms with Crippen LogP contribution in [-0.4, -0.2) is 17.4 Å². The minimum absolute atomic E-state index is 0.0254.